The Kier molecular flexibility index (Phi) is 6.41. The van der Waals surface area contributed by atoms with Crippen LogP contribution in [0.3, 0.4) is 0 Å². The van der Waals surface area contributed by atoms with Gasteiger partial charge in [-0.25, -0.2) is 14.4 Å². The molecule has 0 aliphatic heterocycles. The fourth-order valence-corrected chi connectivity index (χ4v) is 3.35. The van der Waals surface area contributed by atoms with Crippen LogP contribution in [0.1, 0.15) is 44.6 Å². The maximum Gasteiger partial charge on any atom is 0.159 e. The van der Waals surface area contributed by atoms with Crippen molar-refractivity contribution in [2.75, 3.05) is 0 Å². The highest BCUT2D eigenvalue weighted by molar-refractivity contribution is 6.30. The molecule has 0 radical (unpaired) electrons. The molecule has 26 heavy (non-hydrogen) atoms. The molecule has 4 heteroatoms. The minimum atomic E-state index is -0.471. The SMILES string of the molecule is C/C=C/CC1CCC(C#Cc2cnc(-c3ccc(Cl)c(F)c3)nc2)CC1. The molecule has 0 N–H and O–H groups in total. The van der Waals surface area contributed by atoms with E-state index in [2.05, 4.69) is 40.9 Å². The van der Waals surface area contributed by atoms with Crippen LogP contribution in [0.15, 0.2) is 42.7 Å². The van der Waals surface area contributed by atoms with Crippen LogP contribution in [0.2, 0.25) is 5.02 Å². The van der Waals surface area contributed by atoms with Crippen LogP contribution in [0, 0.1) is 29.5 Å². The van der Waals surface area contributed by atoms with Gasteiger partial charge in [0.15, 0.2) is 5.82 Å². The second-order valence-corrected chi connectivity index (χ2v) is 7.12. The van der Waals surface area contributed by atoms with Crippen molar-refractivity contribution in [3.63, 3.8) is 0 Å². The van der Waals surface area contributed by atoms with E-state index >= 15 is 0 Å². The van der Waals surface area contributed by atoms with E-state index in [1.54, 1.807) is 18.5 Å². The maximum absolute atomic E-state index is 13.6. The van der Waals surface area contributed by atoms with Crippen molar-refractivity contribution in [2.24, 2.45) is 11.8 Å². The van der Waals surface area contributed by atoms with Gasteiger partial charge in [0, 0.05) is 23.9 Å². The Balaban J connectivity index is 1.60. The first-order valence-corrected chi connectivity index (χ1v) is 9.43. The van der Waals surface area contributed by atoms with Gasteiger partial charge in [0.05, 0.1) is 10.6 Å². The van der Waals surface area contributed by atoms with Crippen LogP contribution < -0.4 is 0 Å². The lowest BCUT2D eigenvalue weighted by Crippen LogP contribution is -2.12. The van der Waals surface area contributed by atoms with E-state index in [4.69, 9.17) is 11.6 Å². The lowest BCUT2D eigenvalue weighted by atomic mass is 9.81. The van der Waals surface area contributed by atoms with Gasteiger partial charge in [-0.1, -0.05) is 35.6 Å². The Hall–Kier alpha value is -2.18. The molecular weight excluding hydrogens is 347 g/mol. The van der Waals surface area contributed by atoms with Gasteiger partial charge in [-0.2, -0.15) is 0 Å². The molecule has 134 valence electrons. The molecule has 0 saturated heterocycles. The summed E-state index contributed by atoms with van der Waals surface area (Å²) in [4.78, 5) is 8.60. The van der Waals surface area contributed by atoms with E-state index in [1.807, 2.05) is 0 Å². The predicted octanol–water partition coefficient (Wildman–Crippen LogP) is 6.06. The highest BCUT2D eigenvalue weighted by Gasteiger charge is 2.18. The average molecular weight is 369 g/mol. The molecule has 1 aliphatic carbocycles. The third-order valence-electron chi connectivity index (χ3n) is 4.80. The van der Waals surface area contributed by atoms with Gasteiger partial charge in [0.25, 0.3) is 0 Å². The van der Waals surface area contributed by atoms with E-state index in [9.17, 15) is 4.39 Å². The summed E-state index contributed by atoms with van der Waals surface area (Å²) in [6.45, 7) is 2.08. The molecular formula is C22H22ClFN2. The molecule has 1 heterocycles. The lowest BCUT2D eigenvalue weighted by Gasteiger charge is -2.24. The lowest BCUT2D eigenvalue weighted by molar-refractivity contribution is 0.319. The van der Waals surface area contributed by atoms with Crippen LogP contribution >= 0.6 is 11.6 Å². The first-order chi connectivity index (χ1) is 12.7. The number of nitrogens with zero attached hydrogens (tertiary/aromatic N) is 2. The minimum absolute atomic E-state index is 0.0941. The van der Waals surface area contributed by atoms with Gasteiger partial charge < -0.3 is 0 Å². The number of aromatic nitrogens is 2. The summed E-state index contributed by atoms with van der Waals surface area (Å²) in [6.07, 6.45) is 13.8. The normalized spacial score (nSPS) is 20.0. The van der Waals surface area contributed by atoms with Crippen molar-refractivity contribution in [1.82, 2.24) is 9.97 Å². The molecule has 1 aromatic heterocycles. The minimum Gasteiger partial charge on any atom is -0.235 e. The van der Waals surface area contributed by atoms with Crippen molar-refractivity contribution in [3.05, 3.63) is 59.1 Å². The Labute approximate surface area is 159 Å². The van der Waals surface area contributed by atoms with Crippen LogP contribution in [0.25, 0.3) is 11.4 Å². The molecule has 0 spiro atoms. The van der Waals surface area contributed by atoms with Crippen LogP contribution in [0.4, 0.5) is 4.39 Å². The molecule has 0 atom stereocenters. The highest BCUT2D eigenvalue weighted by atomic mass is 35.5. The third-order valence-corrected chi connectivity index (χ3v) is 5.11. The molecule has 0 unspecified atom stereocenters. The largest absolute Gasteiger partial charge is 0.235 e. The van der Waals surface area contributed by atoms with Crippen LogP contribution in [-0.4, -0.2) is 9.97 Å². The number of hydrogen-bond donors (Lipinski definition) is 0. The Morgan fingerprint density at radius 2 is 1.92 bits per heavy atom. The zero-order valence-electron chi connectivity index (χ0n) is 14.9. The number of allylic oxidation sites excluding steroid dienone is 2. The van der Waals surface area contributed by atoms with Crippen LogP contribution in [-0.2, 0) is 0 Å². The summed E-state index contributed by atoms with van der Waals surface area (Å²) < 4.78 is 13.6. The van der Waals surface area contributed by atoms with Crippen molar-refractivity contribution in [1.29, 1.82) is 0 Å². The van der Waals surface area contributed by atoms with Gasteiger partial charge in [-0.05, 0) is 63.1 Å². The molecule has 1 aromatic carbocycles. The molecule has 0 amide bonds. The summed E-state index contributed by atoms with van der Waals surface area (Å²) >= 11 is 5.70. The van der Waals surface area contributed by atoms with Crippen molar-refractivity contribution < 1.29 is 4.39 Å². The van der Waals surface area contributed by atoms with E-state index in [-0.39, 0.29) is 5.02 Å². The monoisotopic (exact) mass is 368 g/mol. The zero-order valence-corrected chi connectivity index (χ0v) is 15.6. The molecule has 0 bridgehead atoms. The van der Waals surface area contributed by atoms with Gasteiger partial charge in [0.2, 0.25) is 0 Å². The third kappa shape index (κ3) is 4.93. The molecule has 1 aliphatic rings. The first-order valence-electron chi connectivity index (χ1n) is 9.06. The average Bonchev–Trinajstić information content (AvgIpc) is 2.68. The second kappa shape index (κ2) is 8.96. The fraction of sp³-hybridized carbons (Fsp3) is 0.364. The van der Waals surface area contributed by atoms with Gasteiger partial charge in [-0.3, -0.25) is 0 Å². The van der Waals surface area contributed by atoms with Crippen molar-refractivity contribution >= 4 is 11.6 Å². The van der Waals surface area contributed by atoms with Gasteiger partial charge in [0.1, 0.15) is 5.82 Å². The number of hydrogen-bond acceptors (Lipinski definition) is 2. The molecule has 3 rings (SSSR count). The maximum atomic E-state index is 13.6. The van der Waals surface area contributed by atoms with E-state index in [1.165, 1.54) is 31.4 Å². The summed E-state index contributed by atoms with van der Waals surface area (Å²) in [7, 11) is 0. The number of benzene rings is 1. The Morgan fingerprint density at radius 3 is 2.58 bits per heavy atom. The molecule has 1 saturated carbocycles. The Morgan fingerprint density at radius 1 is 1.19 bits per heavy atom. The van der Waals surface area contributed by atoms with E-state index < -0.39 is 5.82 Å². The van der Waals surface area contributed by atoms with Crippen molar-refractivity contribution in [2.45, 2.75) is 39.0 Å². The summed E-state index contributed by atoms with van der Waals surface area (Å²) in [5.41, 5.74) is 1.39. The topological polar surface area (TPSA) is 25.8 Å². The second-order valence-electron chi connectivity index (χ2n) is 6.72. The summed E-state index contributed by atoms with van der Waals surface area (Å²) in [5, 5.41) is 0.0941. The predicted molar refractivity (Wildman–Crippen MR) is 104 cm³/mol. The molecule has 2 aromatic rings. The first kappa shape index (κ1) is 18.6. The molecule has 1 fully saturated rings. The van der Waals surface area contributed by atoms with E-state index in [0.717, 1.165) is 24.3 Å². The molecule has 2 nitrogen and oxygen atoms in total. The zero-order chi connectivity index (χ0) is 18.4. The Bertz CT molecular complexity index is 825. The number of rotatable bonds is 3. The van der Waals surface area contributed by atoms with E-state index in [0.29, 0.717) is 17.3 Å². The van der Waals surface area contributed by atoms with Crippen molar-refractivity contribution in [3.8, 4) is 23.2 Å². The fourth-order valence-electron chi connectivity index (χ4n) is 3.23. The summed E-state index contributed by atoms with van der Waals surface area (Å²) in [5.74, 6) is 7.82. The highest BCUT2D eigenvalue weighted by Crippen LogP contribution is 2.30. The number of halogens is 2. The smallest absolute Gasteiger partial charge is 0.159 e. The quantitative estimate of drug-likeness (QED) is 0.486. The van der Waals surface area contributed by atoms with Gasteiger partial charge >= 0.3 is 0 Å². The van der Waals surface area contributed by atoms with Gasteiger partial charge in [-0.15, -0.1) is 0 Å². The standard InChI is InChI=1S/C22H22ClFN2/c1-2-3-4-16-5-7-17(8-6-16)9-10-18-14-25-22(26-15-18)19-11-12-20(23)21(24)13-19/h2-3,11-17H,4-8H2,1H3/b3-2+. The van der Waals surface area contributed by atoms with Crippen LogP contribution in [0.5, 0.6) is 0 Å². The summed E-state index contributed by atoms with van der Waals surface area (Å²) in [6, 6.07) is 4.56.